The van der Waals surface area contributed by atoms with Gasteiger partial charge in [-0.15, -0.1) is 5.10 Å². The molecule has 54 heavy (non-hydrogen) atoms. The molecule has 3 aromatic carbocycles. The summed E-state index contributed by atoms with van der Waals surface area (Å²) in [6.45, 7) is 17.3. The van der Waals surface area contributed by atoms with E-state index in [-0.39, 0.29) is 35.9 Å². The average molecular weight is 766 g/mol. The van der Waals surface area contributed by atoms with E-state index in [0.29, 0.717) is 9.98 Å². The molecule has 14 nitrogen and oxygen atoms in total. The number of ether oxygens (including phenoxy) is 3. The average Bonchev–Trinajstić information content (AvgIpc) is 3.03. The van der Waals surface area contributed by atoms with Crippen molar-refractivity contribution in [1.82, 2.24) is 16.0 Å². The number of hydrogen-bond acceptors (Lipinski definition) is 10. The number of carbonyl (C=O) groups excluding carboxylic acids is 4. The Labute approximate surface area is 317 Å². The molecule has 1 atom stereocenters. The molecule has 0 fully saturated rings. The number of hydrazone groups is 1. The van der Waals surface area contributed by atoms with Gasteiger partial charge in [-0.25, -0.2) is 9.59 Å². The van der Waals surface area contributed by atoms with Gasteiger partial charge in [-0.05, 0) is 116 Å². The van der Waals surface area contributed by atoms with Crippen molar-refractivity contribution in [1.29, 1.82) is 0 Å². The standard InChI is InChI=1S/C39H51N5O9S/c1-11-51-34(46)24-32(40-33(45)23-31-26(3)20-25(2)21-27(31)4)28-16-15-17-29(22-28)44(54(49,50)30-18-13-12-14-19-30)43-35(41-36(47)52-38(5,6)7)42-37(48)53-39(8,9)10/h12-22,32H,11,23-24H2,1-10H3,(H,40,45)(H2,41,42,43,47,48). The van der Waals surface area contributed by atoms with Crippen LogP contribution < -0.4 is 20.4 Å². The zero-order valence-corrected chi connectivity index (χ0v) is 33.3. The van der Waals surface area contributed by atoms with Crippen molar-refractivity contribution in [3.63, 3.8) is 0 Å². The van der Waals surface area contributed by atoms with E-state index >= 15 is 0 Å². The van der Waals surface area contributed by atoms with Gasteiger partial charge in [-0.1, -0.05) is 48.0 Å². The second-order valence-corrected chi connectivity index (χ2v) is 16.3. The van der Waals surface area contributed by atoms with E-state index in [1.807, 2.05) is 32.9 Å². The Hall–Kier alpha value is -5.44. The lowest BCUT2D eigenvalue weighted by Crippen LogP contribution is -2.48. The molecule has 0 saturated carbocycles. The fourth-order valence-corrected chi connectivity index (χ4v) is 6.59. The lowest BCUT2D eigenvalue weighted by molar-refractivity contribution is -0.143. The zero-order valence-electron chi connectivity index (χ0n) is 32.5. The van der Waals surface area contributed by atoms with E-state index in [1.165, 1.54) is 42.5 Å². The summed E-state index contributed by atoms with van der Waals surface area (Å²) >= 11 is 0. The van der Waals surface area contributed by atoms with Gasteiger partial charge in [0.1, 0.15) is 11.2 Å². The highest BCUT2D eigenvalue weighted by atomic mass is 32.2. The molecule has 0 aliphatic carbocycles. The molecule has 15 heteroatoms. The van der Waals surface area contributed by atoms with Gasteiger partial charge >= 0.3 is 18.2 Å². The highest BCUT2D eigenvalue weighted by Gasteiger charge is 2.30. The number of esters is 1. The number of hydrogen-bond donors (Lipinski definition) is 3. The summed E-state index contributed by atoms with van der Waals surface area (Å²) in [7, 11) is -4.56. The Bertz CT molecular complexity index is 1910. The Morgan fingerprint density at radius 1 is 0.796 bits per heavy atom. The summed E-state index contributed by atoms with van der Waals surface area (Å²) in [6, 6.07) is 16.4. The van der Waals surface area contributed by atoms with E-state index < -0.39 is 51.4 Å². The van der Waals surface area contributed by atoms with E-state index in [9.17, 15) is 27.6 Å². The van der Waals surface area contributed by atoms with Crippen LogP contribution in [0.2, 0.25) is 0 Å². The maximum atomic E-state index is 14.3. The molecular formula is C39H51N5O9S. The third kappa shape index (κ3) is 13.2. The molecule has 0 saturated heterocycles. The quantitative estimate of drug-likeness (QED) is 0.0647. The van der Waals surface area contributed by atoms with Crippen LogP contribution in [0.25, 0.3) is 0 Å². The van der Waals surface area contributed by atoms with Crippen LogP contribution in [0.5, 0.6) is 0 Å². The van der Waals surface area contributed by atoms with Gasteiger partial charge < -0.3 is 19.5 Å². The van der Waals surface area contributed by atoms with Crippen LogP contribution in [0.4, 0.5) is 15.3 Å². The smallest absolute Gasteiger partial charge is 0.414 e. The second-order valence-electron chi connectivity index (χ2n) is 14.5. The molecular weight excluding hydrogens is 715 g/mol. The van der Waals surface area contributed by atoms with Crippen LogP contribution in [-0.2, 0) is 40.2 Å². The molecule has 0 bridgehead atoms. The SMILES string of the molecule is CCOC(=O)CC(NC(=O)Cc1c(C)cc(C)cc1C)c1cccc(N(N=C(NC(=O)OC(C)(C)C)NC(=O)OC(C)(C)C)S(=O)(=O)c2ccccc2)c1. The molecule has 292 valence electrons. The van der Waals surface area contributed by atoms with E-state index in [0.717, 1.165) is 22.3 Å². The molecule has 0 aliphatic rings. The summed E-state index contributed by atoms with van der Waals surface area (Å²) in [6.07, 6.45) is -2.32. The molecule has 3 aromatic rings. The highest BCUT2D eigenvalue weighted by Crippen LogP contribution is 2.29. The minimum Gasteiger partial charge on any atom is -0.466 e. The number of amides is 3. The first-order valence-electron chi connectivity index (χ1n) is 17.4. The Morgan fingerprint density at radius 2 is 1.35 bits per heavy atom. The number of rotatable bonds is 11. The minimum atomic E-state index is -4.56. The van der Waals surface area contributed by atoms with Crippen LogP contribution >= 0.6 is 0 Å². The third-order valence-electron chi connectivity index (χ3n) is 7.38. The Morgan fingerprint density at radius 3 is 1.87 bits per heavy atom. The van der Waals surface area contributed by atoms with Gasteiger partial charge in [0.25, 0.3) is 10.0 Å². The van der Waals surface area contributed by atoms with Crippen LogP contribution in [0.3, 0.4) is 0 Å². The lowest BCUT2D eigenvalue weighted by Gasteiger charge is -2.25. The van der Waals surface area contributed by atoms with Gasteiger partial charge in [0.05, 0.1) is 36.1 Å². The fourth-order valence-electron chi connectivity index (χ4n) is 5.31. The number of aryl methyl sites for hydroxylation is 3. The number of alkyl carbamates (subject to hydrolysis) is 2. The maximum Gasteiger partial charge on any atom is 0.414 e. The fraction of sp³-hybridized carbons (Fsp3) is 0.410. The summed E-state index contributed by atoms with van der Waals surface area (Å²) in [5.41, 5.74) is 2.16. The highest BCUT2D eigenvalue weighted by molar-refractivity contribution is 7.92. The van der Waals surface area contributed by atoms with Crippen LogP contribution in [0.1, 0.15) is 88.7 Å². The molecule has 0 aromatic heterocycles. The van der Waals surface area contributed by atoms with Crippen molar-refractivity contribution in [2.75, 3.05) is 11.0 Å². The van der Waals surface area contributed by atoms with Crippen LogP contribution in [0.15, 0.2) is 76.7 Å². The number of nitrogens with zero attached hydrogens (tertiary/aromatic N) is 2. The lowest BCUT2D eigenvalue weighted by atomic mass is 9.96. The van der Waals surface area contributed by atoms with Gasteiger partial charge in [0.2, 0.25) is 11.9 Å². The van der Waals surface area contributed by atoms with Crippen molar-refractivity contribution in [2.24, 2.45) is 5.10 Å². The number of guanidine groups is 1. The van der Waals surface area contributed by atoms with Gasteiger partial charge in [-0.2, -0.15) is 12.8 Å². The number of anilines is 1. The minimum absolute atomic E-state index is 0.0335. The Kier molecular flexibility index (Phi) is 14.4. The van der Waals surface area contributed by atoms with E-state index in [2.05, 4.69) is 21.1 Å². The van der Waals surface area contributed by atoms with Crippen molar-refractivity contribution >= 4 is 45.7 Å². The van der Waals surface area contributed by atoms with Crippen molar-refractivity contribution in [2.45, 2.75) is 104 Å². The van der Waals surface area contributed by atoms with Crippen LogP contribution in [-0.4, -0.2) is 56.2 Å². The zero-order chi connectivity index (χ0) is 40.4. The van der Waals surface area contributed by atoms with Crippen LogP contribution in [0, 0.1) is 20.8 Å². The van der Waals surface area contributed by atoms with Crippen molar-refractivity contribution in [3.05, 3.63) is 94.5 Å². The predicted molar refractivity (Wildman–Crippen MR) is 205 cm³/mol. The number of benzene rings is 3. The molecule has 0 radical (unpaired) electrons. The topological polar surface area (TPSA) is 182 Å². The normalized spacial score (nSPS) is 12.1. The molecule has 0 spiro atoms. The van der Waals surface area contributed by atoms with Gasteiger partial charge in [-0.3, -0.25) is 20.2 Å². The third-order valence-corrected chi connectivity index (χ3v) is 9.00. The first-order chi connectivity index (χ1) is 25.1. The predicted octanol–water partition coefficient (Wildman–Crippen LogP) is 6.48. The molecule has 3 rings (SSSR count). The largest absolute Gasteiger partial charge is 0.466 e. The van der Waals surface area contributed by atoms with Gasteiger partial charge in [0, 0.05) is 0 Å². The van der Waals surface area contributed by atoms with Crippen molar-refractivity contribution < 1.29 is 41.8 Å². The number of nitrogens with one attached hydrogen (secondary N) is 3. The number of sulfonamides is 1. The molecule has 3 amide bonds. The first-order valence-corrected chi connectivity index (χ1v) is 18.8. The monoisotopic (exact) mass is 765 g/mol. The molecule has 0 aliphatic heterocycles. The summed E-state index contributed by atoms with van der Waals surface area (Å²) in [5, 5.41) is 11.8. The number of carbonyl (C=O) groups is 4. The molecule has 0 heterocycles. The second kappa shape index (κ2) is 18.1. The summed E-state index contributed by atoms with van der Waals surface area (Å²) in [4.78, 5) is 52.0. The Balaban J connectivity index is 2.18. The van der Waals surface area contributed by atoms with Crippen molar-refractivity contribution in [3.8, 4) is 0 Å². The van der Waals surface area contributed by atoms with E-state index in [4.69, 9.17) is 14.2 Å². The molecule has 1 unspecified atom stereocenters. The molecule has 3 N–H and O–H groups in total. The summed E-state index contributed by atoms with van der Waals surface area (Å²) in [5.74, 6) is -1.60. The van der Waals surface area contributed by atoms with Gasteiger partial charge in [0.15, 0.2) is 0 Å². The van der Waals surface area contributed by atoms with E-state index in [1.54, 1.807) is 60.6 Å². The first kappa shape index (κ1) is 43.0. The maximum absolute atomic E-state index is 14.3. The summed E-state index contributed by atoms with van der Waals surface area (Å²) < 4.78 is 45.1.